The van der Waals surface area contributed by atoms with E-state index in [4.69, 9.17) is 16.3 Å². The molecule has 0 unspecified atom stereocenters. The number of anilines is 1. The monoisotopic (exact) mass is 336 g/mol. The zero-order chi connectivity index (χ0) is 16.7. The molecular formula is C15H13ClN2O5. The van der Waals surface area contributed by atoms with Crippen molar-refractivity contribution in [1.82, 2.24) is 5.16 Å². The highest BCUT2D eigenvalue weighted by molar-refractivity contribution is 6.30. The van der Waals surface area contributed by atoms with Crippen molar-refractivity contribution >= 4 is 35.1 Å². The number of benzene rings is 1. The van der Waals surface area contributed by atoms with Gasteiger partial charge in [0, 0.05) is 23.1 Å². The maximum absolute atomic E-state index is 11.9. The number of esters is 1. The summed E-state index contributed by atoms with van der Waals surface area (Å²) in [6, 6.07) is 7.82. The Morgan fingerprint density at radius 3 is 2.52 bits per heavy atom. The lowest BCUT2D eigenvalue weighted by Crippen LogP contribution is -2.21. The van der Waals surface area contributed by atoms with Gasteiger partial charge in [-0.1, -0.05) is 16.8 Å². The summed E-state index contributed by atoms with van der Waals surface area (Å²) in [5.74, 6) is -1.16. The third-order valence-electron chi connectivity index (χ3n) is 2.79. The van der Waals surface area contributed by atoms with Crippen molar-refractivity contribution in [2.75, 3.05) is 11.9 Å². The molecule has 0 aliphatic carbocycles. The Balaban J connectivity index is 1.69. The summed E-state index contributed by atoms with van der Waals surface area (Å²) in [6.07, 6.45) is 1.17. The lowest BCUT2D eigenvalue weighted by molar-refractivity contribution is -0.147. The number of hydrogen-bond acceptors (Lipinski definition) is 6. The first-order valence-corrected chi connectivity index (χ1v) is 7.07. The summed E-state index contributed by atoms with van der Waals surface area (Å²) >= 11 is 5.73. The molecule has 0 atom stereocenters. The number of Topliss-reactive ketones (excluding diaryl/α,β-unsaturated/α-hetero) is 1. The van der Waals surface area contributed by atoms with Crippen LogP contribution in [0.4, 0.5) is 5.82 Å². The van der Waals surface area contributed by atoms with E-state index in [1.807, 2.05) is 0 Å². The molecule has 0 saturated heterocycles. The predicted octanol–water partition coefficient (Wildman–Crippen LogP) is 2.47. The minimum absolute atomic E-state index is 0.00856. The molecule has 0 fully saturated rings. The fourth-order valence-electron chi connectivity index (χ4n) is 1.67. The van der Waals surface area contributed by atoms with Crippen LogP contribution in [-0.2, 0) is 14.3 Å². The van der Waals surface area contributed by atoms with Crippen LogP contribution >= 0.6 is 11.6 Å². The second-order valence-corrected chi connectivity index (χ2v) is 4.96. The Bertz CT molecular complexity index is 682. The normalized spacial score (nSPS) is 10.1. The number of rotatable bonds is 7. The summed E-state index contributed by atoms with van der Waals surface area (Å²) in [5, 5.41) is 6.38. The first kappa shape index (κ1) is 16.7. The van der Waals surface area contributed by atoms with Crippen LogP contribution in [0.5, 0.6) is 0 Å². The molecular weight excluding hydrogens is 324 g/mol. The molecule has 0 aliphatic rings. The average Bonchev–Trinajstić information content (AvgIpc) is 3.04. The van der Waals surface area contributed by atoms with E-state index < -0.39 is 18.5 Å². The highest BCUT2D eigenvalue weighted by Gasteiger charge is 2.12. The number of amides is 1. The molecule has 0 aliphatic heterocycles. The van der Waals surface area contributed by atoms with Gasteiger partial charge in [0.15, 0.2) is 18.2 Å². The van der Waals surface area contributed by atoms with Crippen LogP contribution in [0.2, 0.25) is 5.02 Å². The van der Waals surface area contributed by atoms with Crippen LogP contribution in [0, 0.1) is 0 Å². The van der Waals surface area contributed by atoms with Crippen molar-refractivity contribution in [2.24, 2.45) is 0 Å². The van der Waals surface area contributed by atoms with Crippen LogP contribution in [0.3, 0.4) is 0 Å². The van der Waals surface area contributed by atoms with E-state index in [-0.39, 0.29) is 24.4 Å². The molecule has 0 radical (unpaired) electrons. The zero-order valence-corrected chi connectivity index (χ0v) is 12.7. The number of ether oxygens (including phenoxy) is 1. The van der Waals surface area contributed by atoms with E-state index in [0.29, 0.717) is 10.6 Å². The molecule has 0 bridgehead atoms. The fourth-order valence-corrected chi connectivity index (χ4v) is 1.80. The molecule has 1 heterocycles. The number of nitrogens with zero attached hydrogens (tertiary/aromatic N) is 1. The molecule has 1 aromatic carbocycles. The summed E-state index contributed by atoms with van der Waals surface area (Å²) < 4.78 is 9.31. The van der Waals surface area contributed by atoms with Gasteiger partial charge in [0.25, 0.3) is 5.91 Å². The molecule has 2 rings (SSSR count). The number of aromatic nitrogens is 1. The topological polar surface area (TPSA) is 98.5 Å². The van der Waals surface area contributed by atoms with Crippen molar-refractivity contribution in [3.05, 3.63) is 47.2 Å². The first-order valence-electron chi connectivity index (χ1n) is 6.69. The van der Waals surface area contributed by atoms with Crippen LogP contribution in [-0.4, -0.2) is 29.4 Å². The molecule has 2 aromatic rings. The van der Waals surface area contributed by atoms with Crippen molar-refractivity contribution in [2.45, 2.75) is 12.8 Å². The van der Waals surface area contributed by atoms with Gasteiger partial charge < -0.3 is 14.6 Å². The van der Waals surface area contributed by atoms with Crippen molar-refractivity contribution < 1.29 is 23.6 Å². The molecule has 0 saturated carbocycles. The van der Waals surface area contributed by atoms with E-state index in [1.54, 1.807) is 24.3 Å². The number of halogens is 1. The predicted molar refractivity (Wildman–Crippen MR) is 81.1 cm³/mol. The maximum atomic E-state index is 11.9. The van der Waals surface area contributed by atoms with Gasteiger partial charge in [-0.25, -0.2) is 0 Å². The van der Waals surface area contributed by atoms with Gasteiger partial charge in [-0.2, -0.15) is 0 Å². The molecule has 8 heteroatoms. The average molecular weight is 337 g/mol. The number of carbonyl (C=O) groups is 3. The third kappa shape index (κ3) is 5.55. The second kappa shape index (κ2) is 8.09. The lowest BCUT2D eigenvalue weighted by atomic mass is 10.1. The van der Waals surface area contributed by atoms with E-state index in [0.717, 1.165) is 0 Å². The third-order valence-corrected chi connectivity index (χ3v) is 3.04. The SMILES string of the molecule is O=C(COC(=O)CCC(=O)c1ccc(Cl)cc1)Nc1ccon1. The van der Waals surface area contributed by atoms with Gasteiger partial charge in [-0.3, -0.25) is 14.4 Å². The Labute approximate surface area is 136 Å². The molecule has 0 spiro atoms. The highest BCUT2D eigenvalue weighted by Crippen LogP contribution is 2.12. The fraction of sp³-hybridized carbons (Fsp3) is 0.200. The van der Waals surface area contributed by atoms with Crippen molar-refractivity contribution in [3.63, 3.8) is 0 Å². The molecule has 1 N–H and O–H groups in total. The number of carbonyl (C=O) groups excluding carboxylic acids is 3. The zero-order valence-electron chi connectivity index (χ0n) is 12.0. The number of ketones is 1. The Kier molecular flexibility index (Phi) is 5.87. The minimum Gasteiger partial charge on any atom is -0.456 e. The van der Waals surface area contributed by atoms with Gasteiger partial charge in [-0.05, 0) is 24.3 Å². The summed E-state index contributed by atoms with van der Waals surface area (Å²) in [6.45, 7) is -0.458. The van der Waals surface area contributed by atoms with Gasteiger partial charge in [-0.15, -0.1) is 0 Å². The van der Waals surface area contributed by atoms with Gasteiger partial charge in [0.2, 0.25) is 0 Å². The highest BCUT2D eigenvalue weighted by atomic mass is 35.5. The first-order chi connectivity index (χ1) is 11.0. The largest absolute Gasteiger partial charge is 0.456 e. The summed E-state index contributed by atoms with van der Waals surface area (Å²) in [5.41, 5.74) is 0.464. The van der Waals surface area contributed by atoms with Gasteiger partial charge in [0.1, 0.15) is 6.26 Å². The molecule has 7 nitrogen and oxygen atoms in total. The van der Waals surface area contributed by atoms with Crippen LogP contribution < -0.4 is 5.32 Å². The lowest BCUT2D eigenvalue weighted by Gasteiger charge is -2.04. The van der Waals surface area contributed by atoms with E-state index in [9.17, 15) is 14.4 Å². The minimum atomic E-state index is -0.636. The quantitative estimate of drug-likeness (QED) is 0.616. The van der Waals surface area contributed by atoms with Crippen LogP contribution in [0.25, 0.3) is 0 Å². The maximum Gasteiger partial charge on any atom is 0.306 e. The Hall–Kier alpha value is -2.67. The molecule has 23 heavy (non-hydrogen) atoms. The number of nitrogens with one attached hydrogen (secondary N) is 1. The van der Waals surface area contributed by atoms with Crippen LogP contribution in [0.15, 0.2) is 41.1 Å². The second-order valence-electron chi connectivity index (χ2n) is 4.52. The standard InChI is InChI=1S/C15H13ClN2O5/c16-11-3-1-10(2-4-11)12(19)5-6-15(21)22-9-14(20)17-13-7-8-23-18-13/h1-4,7-8H,5-6,9H2,(H,17,18,20). The van der Waals surface area contributed by atoms with E-state index in [1.165, 1.54) is 12.3 Å². The van der Waals surface area contributed by atoms with Gasteiger partial charge in [0.05, 0.1) is 6.42 Å². The van der Waals surface area contributed by atoms with E-state index in [2.05, 4.69) is 15.0 Å². The smallest absolute Gasteiger partial charge is 0.306 e. The molecule has 1 aromatic heterocycles. The van der Waals surface area contributed by atoms with Gasteiger partial charge >= 0.3 is 5.97 Å². The van der Waals surface area contributed by atoms with Crippen LogP contribution in [0.1, 0.15) is 23.2 Å². The Morgan fingerprint density at radius 1 is 1.13 bits per heavy atom. The van der Waals surface area contributed by atoms with Crippen molar-refractivity contribution in [3.8, 4) is 0 Å². The molecule has 1 amide bonds. The van der Waals surface area contributed by atoms with E-state index >= 15 is 0 Å². The molecule has 120 valence electrons. The Morgan fingerprint density at radius 2 is 1.87 bits per heavy atom. The van der Waals surface area contributed by atoms with Crippen molar-refractivity contribution in [1.29, 1.82) is 0 Å². The summed E-state index contributed by atoms with van der Waals surface area (Å²) in [7, 11) is 0. The number of hydrogen-bond donors (Lipinski definition) is 1. The summed E-state index contributed by atoms with van der Waals surface area (Å²) in [4.78, 5) is 34.8.